The van der Waals surface area contributed by atoms with Gasteiger partial charge in [-0.25, -0.2) is 4.99 Å². The van der Waals surface area contributed by atoms with Crippen molar-refractivity contribution in [2.45, 2.75) is 58.5 Å². The van der Waals surface area contributed by atoms with Gasteiger partial charge in [-0.05, 0) is 31.7 Å². The lowest BCUT2D eigenvalue weighted by Gasteiger charge is -2.20. The lowest BCUT2D eigenvalue weighted by atomic mass is 9.79. The molecule has 37 heavy (non-hydrogen) atoms. The van der Waals surface area contributed by atoms with Gasteiger partial charge in [0.2, 0.25) is 11.8 Å². The molecule has 4 amide bonds. The van der Waals surface area contributed by atoms with Gasteiger partial charge in [0, 0.05) is 18.9 Å². The van der Waals surface area contributed by atoms with E-state index < -0.39 is 36.9 Å². The van der Waals surface area contributed by atoms with Crippen LogP contribution in [0, 0.1) is 17.2 Å². The molecule has 0 unspecified atom stereocenters. The van der Waals surface area contributed by atoms with E-state index in [1.165, 1.54) is 6.92 Å². The number of nitrogens with one attached hydrogen (secondary N) is 3. The number of nitrogens with zero attached hydrogens (tertiary/aromatic N) is 2. The van der Waals surface area contributed by atoms with Crippen molar-refractivity contribution in [3.05, 3.63) is 48.0 Å². The van der Waals surface area contributed by atoms with E-state index in [1.54, 1.807) is 50.2 Å². The maximum absolute atomic E-state index is 13.0. The first-order valence-corrected chi connectivity index (χ1v) is 12.0. The number of nitriles is 1. The highest BCUT2D eigenvalue weighted by atomic mass is 16.4. The third-order valence-corrected chi connectivity index (χ3v) is 5.29. The average Bonchev–Trinajstić information content (AvgIpc) is 2.86. The summed E-state index contributed by atoms with van der Waals surface area (Å²) >= 11 is 0. The van der Waals surface area contributed by atoms with Crippen LogP contribution < -0.4 is 16.0 Å². The van der Waals surface area contributed by atoms with E-state index in [4.69, 9.17) is 5.26 Å². The van der Waals surface area contributed by atoms with Gasteiger partial charge in [-0.2, -0.15) is 5.26 Å². The highest BCUT2D eigenvalue weighted by molar-refractivity contribution is 6.80. The zero-order valence-electron chi connectivity index (χ0n) is 21.4. The third kappa shape index (κ3) is 11.6. The molecule has 0 aliphatic carbocycles. The number of carbonyl (C=O) groups excluding carboxylic acids is 4. The second kappa shape index (κ2) is 16.0. The van der Waals surface area contributed by atoms with E-state index in [0.29, 0.717) is 18.4 Å². The smallest absolute Gasteiger partial charge is 0.422 e. The van der Waals surface area contributed by atoms with Crippen molar-refractivity contribution in [1.29, 1.82) is 5.26 Å². The predicted octanol–water partition coefficient (Wildman–Crippen LogP) is 0.220. The fourth-order valence-electron chi connectivity index (χ4n) is 3.05. The molecule has 1 aromatic rings. The molecular weight excluding hydrogens is 477 g/mol. The monoisotopic (exact) mass is 511 g/mol. The number of amides is 4. The minimum absolute atomic E-state index is 0.0145. The van der Waals surface area contributed by atoms with Crippen molar-refractivity contribution < 1.29 is 29.2 Å². The molecule has 0 radical (unpaired) electrons. The summed E-state index contributed by atoms with van der Waals surface area (Å²) < 4.78 is 0. The summed E-state index contributed by atoms with van der Waals surface area (Å²) in [7, 11) is -1.98. The Balaban J connectivity index is 2.95. The van der Waals surface area contributed by atoms with Crippen LogP contribution in [-0.2, 0) is 25.6 Å². The molecule has 0 spiro atoms. The highest BCUT2D eigenvalue weighted by Gasteiger charge is 2.27. The molecule has 1 aromatic carbocycles. The quantitative estimate of drug-likeness (QED) is 0.0779. The van der Waals surface area contributed by atoms with Crippen molar-refractivity contribution in [2.24, 2.45) is 10.9 Å². The fraction of sp³-hybridized carbons (Fsp3) is 0.440. The molecule has 198 valence electrons. The Bertz CT molecular complexity index is 1040. The third-order valence-electron chi connectivity index (χ3n) is 5.29. The Kier molecular flexibility index (Phi) is 13.5. The summed E-state index contributed by atoms with van der Waals surface area (Å²) in [5.41, 5.74) is 0.307. The normalized spacial score (nSPS) is 12.6. The molecule has 1 rings (SSSR count). The maximum atomic E-state index is 13.0. The van der Waals surface area contributed by atoms with Crippen molar-refractivity contribution in [3.8, 4) is 6.07 Å². The van der Waals surface area contributed by atoms with Gasteiger partial charge in [-0.15, -0.1) is 0 Å². The molecule has 0 aliphatic heterocycles. The largest absolute Gasteiger partial charge is 0.504 e. The van der Waals surface area contributed by atoms with Crippen LogP contribution in [0.3, 0.4) is 0 Å². The first kappa shape index (κ1) is 31.2. The van der Waals surface area contributed by atoms with Crippen LogP contribution in [0.5, 0.6) is 0 Å². The number of hydrogen-bond acceptors (Lipinski definition) is 7. The van der Waals surface area contributed by atoms with Gasteiger partial charge in [-0.3, -0.25) is 19.2 Å². The standard InChI is InChI=1S/C25H34BN5O6/c1-16(2)22(32)29-18(4)24(34)30-20(12-8-9-13-28-23(33)17(3)15-27)25(35)31-21(26(36)37)14-19-10-6-5-7-11-19/h5-7,10-11,16,18,20,36-37H,3,8-9,12-14H2,1-2,4H3,(H,28,33)(H,29,32)(H,30,34)/t18-,20-/m0/s1. The molecule has 0 fully saturated rings. The maximum Gasteiger partial charge on any atom is 0.504 e. The van der Waals surface area contributed by atoms with E-state index in [0.717, 1.165) is 0 Å². The minimum Gasteiger partial charge on any atom is -0.422 e. The van der Waals surface area contributed by atoms with Crippen LogP contribution in [0.4, 0.5) is 0 Å². The Morgan fingerprint density at radius 2 is 1.70 bits per heavy atom. The number of hydrogen-bond donors (Lipinski definition) is 5. The first-order chi connectivity index (χ1) is 17.5. The Morgan fingerprint density at radius 3 is 2.27 bits per heavy atom. The van der Waals surface area contributed by atoms with E-state index >= 15 is 0 Å². The molecule has 0 aromatic heterocycles. The van der Waals surface area contributed by atoms with Crippen LogP contribution in [0.1, 0.15) is 45.6 Å². The second-order valence-corrected chi connectivity index (χ2v) is 8.77. The summed E-state index contributed by atoms with van der Waals surface area (Å²) in [5, 5.41) is 35.9. The van der Waals surface area contributed by atoms with Crippen molar-refractivity contribution in [2.75, 3.05) is 6.54 Å². The van der Waals surface area contributed by atoms with Crippen LogP contribution in [-0.4, -0.2) is 65.0 Å². The molecule has 12 heteroatoms. The van der Waals surface area contributed by atoms with Gasteiger partial charge in [0.25, 0.3) is 11.8 Å². The molecule has 0 aliphatic rings. The Hall–Kier alpha value is -3.82. The molecule has 0 saturated heterocycles. The number of benzene rings is 1. The van der Waals surface area contributed by atoms with Crippen LogP contribution in [0.2, 0.25) is 0 Å². The average molecular weight is 511 g/mol. The molecule has 5 N–H and O–H groups in total. The zero-order valence-corrected chi connectivity index (χ0v) is 21.4. The van der Waals surface area contributed by atoms with Gasteiger partial charge in [0.05, 0.1) is 5.61 Å². The SMILES string of the molecule is C=C(C#N)C(=O)NCCCC[C@H](NC(=O)[C@H](C)NC(=O)C(C)C)C(=O)N=C(Cc1ccccc1)B(O)O. The number of rotatable bonds is 14. The molecule has 11 nitrogen and oxygen atoms in total. The van der Waals surface area contributed by atoms with Crippen molar-refractivity contribution in [1.82, 2.24) is 16.0 Å². The van der Waals surface area contributed by atoms with Crippen molar-refractivity contribution in [3.63, 3.8) is 0 Å². The lowest BCUT2D eigenvalue weighted by Crippen LogP contribution is -2.51. The number of unbranched alkanes of at least 4 members (excludes halogenated alkanes) is 1. The second-order valence-electron chi connectivity index (χ2n) is 8.77. The van der Waals surface area contributed by atoms with E-state index in [9.17, 15) is 29.2 Å². The van der Waals surface area contributed by atoms with Crippen LogP contribution in [0.15, 0.2) is 47.5 Å². The molecule has 2 atom stereocenters. The molecule has 0 bridgehead atoms. The van der Waals surface area contributed by atoms with Gasteiger partial charge in [0.1, 0.15) is 23.7 Å². The summed E-state index contributed by atoms with van der Waals surface area (Å²) in [4.78, 5) is 53.2. The summed E-state index contributed by atoms with van der Waals surface area (Å²) in [6.07, 6.45) is 0.954. The number of carbonyl (C=O) groups is 4. The fourth-order valence-corrected chi connectivity index (χ4v) is 3.05. The molecule has 0 heterocycles. The topological polar surface area (TPSA) is 181 Å². The first-order valence-electron chi connectivity index (χ1n) is 12.0. The van der Waals surface area contributed by atoms with Gasteiger partial charge in [0.15, 0.2) is 0 Å². The summed E-state index contributed by atoms with van der Waals surface area (Å²) in [5.74, 6) is -2.64. The summed E-state index contributed by atoms with van der Waals surface area (Å²) in [6, 6.07) is 8.44. The Morgan fingerprint density at radius 1 is 1.05 bits per heavy atom. The lowest BCUT2D eigenvalue weighted by molar-refractivity contribution is -0.132. The molecular formula is C25H34BN5O6. The molecule has 0 saturated carbocycles. The number of aliphatic imine (C=N–C) groups is 1. The van der Waals surface area contributed by atoms with Crippen LogP contribution >= 0.6 is 0 Å². The van der Waals surface area contributed by atoms with E-state index in [2.05, 4.69) is 27.5 Å². The summed E-state index contributed by atoms with van der Waals surface area (Å²) in [6.45, 7) is 8.38. The van der Waals surface area contributed by atoms with Crippen LogP contribution in [0.25, 0.3) is 0 Å². The van der Waals surface area contributed by atoms with Gasteiger partial charge in [-0.1, -0.05) is 50.8 Å². The van der Waals surface area contributed by atoms with E-state index in [-0.39, 0.29) is 42.4 Å². The Labute approximate surface area is 217 Å². The van der Waals surface area contributed by atoms with Gasteiger partial charge >= 0.3 is 7.12 Å². The zero-order chi connectivity index (χ0) is 28.0. The van der Waals surface area contributed by atoms with E-state index in [1.807, 2.05) is 0 Å². The van der Waals surface area contributed by atoms with Gasteiger partial charge < -0.3 is 26.0 Å². The highest BCUT2D eigenvalue weighted by Crippen LogP contribution is 2.07. The minimum atomic E-state index is -1.98. The predicted molar refractivity (Wildman–Crippen MR) is 139 cm³/mol. The van der Waals surface area contributed by atoms with Crippen molar-refractivity contribution >= 4 is 36.4 Å².